The molecular weight excluding hydrogens is 244 g/mol. The zero-order valence-corrected chi connectivity index (χ0v) is 10.7. The summed E-state index contributed by atoms with van der Waals surface area (Å²) in [5, 5.41) is 13.2. The maximum Gasteiger partial charge on any atom is 0.208 e. The molecule has 2 aliphatic rings. The monoisotopic (exact) mass is 264 g/mol. The molecule has 0 radical (unpaired) electrons. The number of sulfonamides is 1. The number of hydrogen-bond donors (Lipinski definition) is 3. The van der Waals surface area contributed by atoms with E-state index in [4.69, 9.17) is 4.74 Å². The minimum Gasteiger partial charge on any atom is -0.389 e. The summed E-state index contributed by atoms with van der Waals surface area (Å²) in [6, 6.07) is -0.0815. The van der Waals surface area contributed by atoms with Crippen LogP contribution in [0.4, 0.5) is 0 Å². The van der Waals surface area contributed by atoms with Crippen LogP contribution in [-0.2, 0) is 14.8 Å². The molecule has 0 aromatic heterocycles. The molecular formula is C10H20N2O4S. The zero-order chi connectivity index (χ0) is 12.5. The third-order valence-corrected chi connectivity index (χ3v) is 3.89. The number of aliphatic hydroxyl groups excluding tert-OH is 1. The lowest BCUT2D eigenvalue weighted by atomic mass is 10.1. The summed E-state index contributed by atoms with van der Waals surface area (Å²) in [6.45, 7) is 1.48. The Bertz CT molecular complexity index is 355. The van der Waals surface area contributed by atoms with Gasteiger partial charge in [-0.2, -0.15) is 0 Å². The van der Waals surface area contributed by atoms with Gasteiger partial charge in [0.05, 0.1) is 31.1 Å². The van der Waals surface area contributed by atoms with Gasteiger partial charge >= 0.3 is 0 Å². The van der Waals surface area contributed by atoms with Gasteiger partial charge in [0, 0.05) is 6.54 Å². The molecule has 6 nitrogen and oxygen atoms in total. The van der Waals surface area contributed by atoms with Crippen molar-refractivity contribution in [3.8, 4) is 0 Å². The smallest absolute Gasteiger partial charge is 0.208 e. The van der Waals surface area contributed by atoms with Gasteiger partial charge in [0.25, 0.3) is 0 Å². The maximum atomic E-state index is 10.9. The average molecular weight is 264 g/mol. The Kier molecular flexibility index (Phi) is 4.04. The van der Waals surface area contributed by atoms with E-state index >= 15 is 0 Å². The van der Waals surface area contributed by atoms with E-state index in [0.29, 0.717) is 6.61 Å². The van der Waals surface area contributed by atoms with Gasteiger partial charge < -0.3 is 15.2 Å². The molecule has 17 heavy (non-hydrogen) atoms. The molecule has 1 aliphatic carbocycles. The molecule has 1 heterocycles. The Morgan fingerprint density at radius 1 is 1.35 bits per heavy atom. The summed E-state index contributed by atoms with van der Waals surface area (Å²) in [7, 11) is -3.23. The van der Waals surface area contributed by atoms with Crippen molar-refractivity contribution in [1.82, 2.24) is 10.0 Å². The van der Waals surface area contributed by atoms with Crippen LogP contribution < -0.4 is 10.0 Å². The first-order valence-electron chi connectivity index (χ1n) is 5.93. The lowest BCUT2D eigenvalue weighted by Crippen LogP contribution is -2.45. The highest BCUT2D eigenvalue weighted by Crippen LogP contribution is 2.28. The van der Waals surface area contributed by atoms with Crippen molar-refractivity contribution < 1.29 is 18.3 Å². The van der Waals surface area contributed by atoms with Crippen molar-refractivity contribution in [3.63, 3.8) is 0 Å². The fourth-order valence-electron chi connectivity index (χ4n) is 1.92. The number of aliphatic hydroxyl groups is 1. The van der Waals surface area contributed by atoms with Gasteiger partial charge in [-0.25, -0.2) is 13.1 Å². The molecule has 1 aliphatic heterocycles. The summed E-state index contributed by atoms with van der Waals surface area (Å²) < 4.78 is 29.6. The van der Waals surface area contributed by atoms with E-state index < -0.39 is 22.2 Å². The Morgan fingerprint density at radius 2 is 2.06 bits per heavy atom. The molecule has 3 N–H and O–H groups in total. The highest BCUT2D eigenvalue weighted by atomic mass is 32.2. The van der Waals surface area contributed by atoms with Crippen LogP contribution in [0.2, 0.25) is 0 Å². The predicted molar refractivity (Wildman–Crippen MR) is 63.1 cm³/mol. The first kappa shape index (κ1) is 13.2. The van der Waals surface area contributed by atoms with E-state index in [2.05, 4.69) is 10.0 Å². The minimum absolute atomic E-state index is 0.0815. The third kappa shape index (κ3) is 4.18. The van der Waals surface area contributed by atoms with E-state index in [9.17, 15) is 13.5 Å². The number of nitrogens with one attached hydrogen (secondary N) is 2. The lowest BCUT2D eigenvalue weighted by Gasteiger charge is -2.18. The van der Waals surface area contributed by atoms with E-state index in [1.807, 2.05) is 0 Å². The third-order valence-electron chi connectivity index (χ3n) is 3.20. The van der Waals surface area contributed by atoms with Crippen molar-refractivity contribution in [3.05, 3.63) is 0 Å². The molecule has 0 aromatic carbocycles. The average Bonchev–Trinajstić information content (AvgIpc) is 2.98. The molecule has 100 valence electrons. The van der Waals surface area contributed by atoms with Crippen molar-refractivity contribution in [1.29, 1.82) is 0 Å². The van der Waals surface area contributed by atoms with Crippen molar-refractivity contribution in [2.45, 2.75) is 31.1 Å². The van der Waals surface area contributed by atoms with Gasteiger partial charge in [-0.15, -0.1) is 0 Å². The fraction of sp³-hybridized carbons (Fsp3) is 1.00. The largest absolute Gasteiger partial charge is 0.389 e. The summed E-state index contributed by atoms with van der Waals surface area (Å²) in [5.74, 6) is 0.746. The van der Waals surface area contributed by atoms with Crippen molar-refractivity contribution in [2.24, 2.45) is 5.92 Å². The second-order valence-electron chi connectivity index (χ2n) is 4.94. The van der Waals surface area contributed by atoms with E-state index in [1.54, 1.807) is 0 Å². The lowest BCUT2D eigenvalue weighted by molar-refractivity contribution is 0.0444. The van der Waals surface area contributed by atoms with Gasteiger partial charge in [0.2, 0.25) is 10.0 Å². The number of ether oxygens (including phenoxy) is 1. The van der Waals surface area contributed by atoms with Crippen LogP contribution in [0, 0.1) is 5.92 Å². The van der Waals surface area contributed by atoms with Gasteiger partial charge in [0.15, 0.2) is 0 Å². The first-order valence-corrected chi connectivity index (χ1v) is 7.82. The summed E-state index contributed by atoms with van der Waals surface area (Å²) in [5.41, 5.74) is 0. The number of hydrogen-bond acceptors (Lipinski definition) is 5. The van der Waals surface area contributed by atoms with Crippen LogP contribution in [0.25, 0.3) is 0 Å². The molecule has 1 saturated carbocycles. The topological polar surface area (TPSA) is 87.7 Å². The zero-order valence-electron chi connectivity index (χ0n) is 9.93. The molecule has 3 atom stereocenters. The van der Waals surface area contributed by atoms with Crippen molar-refractivity contribution >= 4 is 10.0 Å². The second-order valence-corrected chi connectivity index (χ2v) is 6.77. The van der Waals surface area contributed by atoms with Crippen LogP contribution >= 0.6 is 0 Å². The van der Waals surface area contributed by atoms with Gasteiger partial charge in [0.1, 0.15) is 0 Å². The first-order chi connectivity index (χ1) is 7.96. The highest BCUT2D eigenvalue weighted by Gasteiger charge is 2.36. The summed E-state index contributed by atoms with van der Waals surface area (Å²) in [4.78, 5) is 0. The Morgan fingerprint density at radius 3 is 2.65 bits per heavy atom. The minimum atomic E-state index is -3.23. The molecule has 0 aromatic rings. The van der Waals surface area contributed by atoms with Gasteiger partial charge in [-0.1, -0.05) is 0 Å². The molecule has 2 rings (SSSR count). The van der Waals surface area contributed by atoms with Crippen LogP contribution in [-0.4, -0.2) is 57.7 Å². The molecule has 0 spiro atoms. The number of rotatable bonds is 6. The Hall–Kier alpha value is -0.210. The molecule has 0 amide bonds. The second kappa shape index (κ2) is 5.19. The normalized spacial score (nSPS) is 34.1. The van der Waals surface area contributed by atoms with Crippen LogP contribution in [0.15, 0.2) is 0 Å². The molecule has 2 fully saturated rings. The maximum absolute atomic E-state index is 10.9. The SMILES string of the molecule is CS(=O)(=O)NC[C@H]1OC[C@@H](NCC2CC2)[C@@H]1O. The highest BCUT2D eigenvalue weighted by molar-refractivity contribution is 7.88. The molecule has 7 heteroatoms. The summed E-state index contributed by atoms with van der Waals surface area (Å²) >= 11 is 0. The predicted octanol–water partition coefficient (Wildman–Crippen LogP) is -1.34. The van der Waals surface area contributed by atoms with E-state index in [-0.39, 0.29) is 12.6 Å². The summed E-state index contributed by atoms with van der Waals surface area (Å²) in [6.07, 6.45) is 2.51. The quantitative estimate of drug-likeness (QED) is 0.553. The standard InChI is InChI=1S/C10H20N2O4S/c1-17(14,15)12-5-9-10(13)8(6-16-9)11-4-7-2-3-7/h7-13H,2-6H2,1H3/t8-,9-,10+/m1/s1. The fourth-order valence-corrected chi connectivity index (χ4v) is 2.38. The van der Waals surface area contributed by atoms with E-state index in [1.165, 1.54) is 12.8 Å². The van der Waals surface area contributed by atoms with Crippen molar-refractivity contribution in [2.75, 3.05) is 26.0 Å². The molecule has 0 bridgehead atoms. The molecule has 0 unspecified atom stereocenters. The van der Waals surface area contributed by atoms with Gasteiger partial charge in [-0.05, 0) is 25.3 Å². The Balaban J connectivity index is 1.73. The van der Waals surface area contributed by atoms with Crippen LogP contribution in [0.5, 0.6) is 0 Å². The van der Waals surface area contributed by atoms with Gasteiger partial charge in [-0.3, -0.25) is 0 Å². The van der Waals surface area contributed by atoms with Crippen LogP contribution in [0.1, 0.15) is 12.8 Å². The molecule has 1 saturated heterocycles. The Labute approximate surface area is 102 Å². The van der Waals surface area contributed by atoms with Crippen LogP contribution in [0.3, 0.4) is 0 Å². The van der Waals surface area contributed by atoms with E-state index in [0.717, 1.165) is 18.7 Å².